The minimum absolute atomic E-state index is 0.352. The third-order valence-electron chi connectivity index (χ3n) is 2.95. The Labute approximate surface area is 107 Å². The summed E-state index contributed by atoms with van der Waals surface area (Å²) in [5.41, 5.74) is 1.29. The van der Waals surface area contributed by atoms with Crippen molar-refractivity contribution < 1.29 is 0 Å². The molecule has 0 amide bonds. The molecule has 0 bridgehead atoms. The molecule has 0 radical (unpaired) electrons. The number of pyridine rings is 1. The van der Waals surface area contributed by atoms with Crippen LogP contribution in [0.5, 0.6) is 0 Å². The third-order valence-corrected chi connectivity index (χ3v) is 3.94. The van der Waals surface area contributed by atoms with Crippen LogP contribution in [0.4, 0.5) is 0 Å². The zero-order chi connectivity index (χ0) is 12.1. The van der Waals surface area contributed by atoms with E-state index < -0.39 is 0 Å². The molecule has 2 aromatic heterocycles. The normalized spacial score (nSPS) is 14.5. The minimum Gasteiger partial charge on any atom is -0.303 e. The molecule has 1 unspecified atom stereocenters. The topological polar surface area (TPSA) is 24.9 Å². The van der Waals surface area contributed by atoms with Gasteiger partial charge >= 0.3 is 0 Å². The summed E-state index contributed by atoms with van der Waals surface area (Å²) in [7, 11) is 0. The van der Waals surface area contributed by atoms with E-state index in [1.807, 2.05) is 23.7 Å². The highest BCUT2D eigenvalue weighted by Crippen LogP contribution is 2.25. The highest BCUT2D eigenvalue weighted by molar-refractivity contribution is 7.10. The van der Waals surface area contributed by atoms with E-state index in [4.69, 9.17) is 0 Å². The van der Waals surface area contributed by atoms with E-state index >= 15 is 0 Å². The van der Waals surface area contributed by atoms with E-state index in [-0.39, 0.29) is 0 Å². The molecule has 2 heterocycles. The lowest BCUT2D eigenvalue weighted by Crippen LogP contribution is -2.23. The molecule has 2 atom stereocenters. The summed E-state index contributed by atoms with van der Waals surface area (Å²) in [5, 5.41) is 5.80. The average Bonchev–Trinajstić information content (AvgIpc) is 2.90. The van der Waals surface area contributed by atoms with Crippen molar-refractivity contribution >= 4 is 11.3 Å². The van der Waals surface area contributed by atoms with E-state index in [1.165, 1.54) is 10.4 Å². The highest BCUT2D eigenvalue weighted by atomic mass is 32.1. The predicted octanol–water partition coefficient (Wildman–Crippen LogP) is 3.95. The lowest BCUT2D eigenvalue weighted by molar-refractivity contribution is 0.462. The van der Waals surface area contributed by atoms with Crippen LogP contribution in [0.15, 0.2) is 42.0 Å². The number of thiophene rings is 1. The fourth-order valence-corrected chi connectivity index (χ4v) is 2.81. The molecule has 17 heavy (non-hydrogen) atoms. The van der Waals surface area contributed by atoms with Gasteiger partial charge in [0.15, 0.2) is 0 Å². The van der Waals surface area contributed by atoms with Crippen molar-refractivity contribution in [3.63, 3.8) is 0 Å². The molecular formula is C14H18N2S. The van der Waals surface area contributed by atoms with Crippen molar-refractivity contribution in [3.05, 3.63) is 52.5 Å². The van der Waals surface area contributed by atoms with Gasteiger partial charge in [-0.15, -0.1) is 11.3 Å². The zero-order valence-electron chi connectivity index (χ0n) is 10.3. The van der Waals surface area contributed by atoms with Crippen molar-refractivity contribution in [1.82, 2.24) is 10.3 Å². The quantitative estimate of drug-likeness (QED) is 0.864. The van der Waals surface area contributed by atoms with Gasteiger partial charge in [-0.2, -0.15) is 0 Å². The van der Waals surface area contributed by atoms with E-state index in [0.29, 0.717) is 12.1 Å². The van der Waals surface area contributed by atoms with Crippen molar-refractivity contribution in [2.24, 2.45) is 0 Å². The van der Waals surface area contributed by atoms with E-state index in [9.17, 15) is 0 Å². The molecule has 0 aromatic carbocycles. The zero-order valence-corrected chi connectivity index (χ0v) is 11.1. The molecule has 3 heteroatoms. The SMILES string of the molecule is CCC(N[C@H](C)c1ccncc1)c1cccs1. The Morgan fingerprint density at radius 1 is 1.29 bits per heavy atom. The molecule has 0 aliphatic heterocycles. The first-order chi connectivity index (χ1) is 8.31. The van der Waals surface area contributed by atoms with Crippen molar-refractivity contribution in [2.75, 3.05) is 0 Å². The summed E-state index contributed by atoms with van der Waals surface area (Å²) >= 11 is 1.82. The van der Waals surface area contributed by atoms with Crippen LogP contribution in [0.25, 0.3) is 0 Å². The fourth-order valence-electron chi connectivity index (χ4n) is 1.94. The van der Waals surface area contributed by atoms with Crippen molar-refractivity contribution in [3.8, 4) is 0 Å². The number of nitrogens with zero attached hydrogens (tertiary/aromatic N) is 1. The Hall–Kier alpha value is -1.19. The molecule has 0 saturated heterocycles. The maximum Gasteiger partial charge on any atom is 0.0416 e. The molecule has 1 N–H and O–H groups in total. The maximum atomic E-state index is 4.05. The van der Waals surface area contributed by atoms with Gasteiger partial charge in [0, 0.05) is 29.4 Å². The number of nitrogens with one attached hydrogen (secondary N) is 1. The molecule has 0 aliphatic carbocycles. The fraction of sp³-hybridized carbons (Fsp3) is 0.357. The first-order valence-corrected chi connectivity index (χ1v) is 6.88. The largest absolute Gasteiger partial charge is 0.303 e. The molecular weight excluding hydrogens is 228 g/mol. The number of aromatic nitrogens is 1. The Morgan fingerprint density at radius 3 is 2.65 bits per heavy atom. The Morgan fingerprint density at radius 2 is 2.06 bits per heavy atom. The first kappa shape index (κ1) is 12.3. The molecule has 0 spiro atoms. The van der Waals surface area contributed by atoms with Crippen molar-refractivity contribution in [2.45, 2.75) is 32.4 Å². The molecule has 90 valence electrons. The molecule has 0 saturated carbocycles. The number of hydrogen-bond donors (Lipinski definition) is 1. The van der Waals surface area contributed by atoms with Gasteiger partial charge in [-0.25, -0.2) is 0 Å². The van der Waals surface area contributed by atoms with Crippen LogP contribution in [-0.2, 0) is 0 Å². The van der Waals surface area contributed by atoms with E-state index in [0.717, 1.165) is 6.42 Å². The van der Waals surface area contributed by atoms with Crippen LogP contribution >= 0.6 is 11.3 Å². The standard InChI is InChI=1S/C14H18N2S/c1-3-13(14-5-4-10-17-14)16-11(2)12-6-8-15-9-7-12/h4-11,13,16H,3H2,1-2H3/t11-,13?/m1/s1. The summed E-state index contributed by atoms with van der Waals surface area (Å²) in [5.74, 6) is 0. The summed E-state index contributed by atoms with van der Waals surface area (Å²) in [6, 6.07) is 9.24. The molecule has 0 fully saturated rings. The number of hydrogen-bond acceptors (Lipinski definition) is 3. The highest BCUT2D eigenvalue weighted by Gasteiger charge is 2.14. The molecule has 2 aromatic rings. The van der Waals surface area contributed by atoms with E-state index in [1.54, 1.807) is 0 Å². The summed E-state index contributed by atoms with van der Waals surface area (Å²) in [4.78, 5) is 5.46. The Balaban J connectivity index is 2.05. The second-order valence-corrected chi connectivity index (χ2v) is 5.12. The second-order valence-electron chi connectivity index (χ2n) is 4.15. The first-order valence-electron chi connectivity index (χ1n) is 6.00. The molecule has 0 aliphatic rings. The van der Waals surface area contributed by atoms with Crippen LogP contribution in [0.3, 0.4) is 0 Å². The van der Waals surface area contributed by atoms with Crippen LogP contribution in [0.2, 0.25) is 0 Å². The molecule has 2 rings (SSSR count). The van der Waals surface area contributed by atoms with Crippen LogP contribution in [0, 0.1) is 0 Å². The summed E-state index contributed by atoms with van der Waals surface area (Å²) in [6.07, 6.45) is 4.80. The van der Waals surface area contributed by atoms with Gasteiger partial charge in [0.05, 0.1) is 0 Å². The summed E-state index contributed by atoms with van der Waals surface area (Å²) in [6.45, 7) is 4.42. The average molecular weight is 246 g/mol. The lowest BCUT2D eigenvalue weighted by atomic mass is 10.1. The Kier molecular flexibility index (Phi) is 4.29. The van der Waals surface area contributed by atoms with Gasteiger partial charge in [-0.3, -0.25) is 4.98 Å². The van der Waals surface area contributed by atoms with E-state index in [2.05, 4.69) is 53.8 Å². The van der Waals surface area contributed by atoms with Gasteiger partial charge in [0.25, 0.3) is 0 Å². The lowest BCUT2D eigenvalue weighted by Gasteiger charge is -2.21. The second kappa shape index (κ2) is 5.94. The van der Waals surface area contributed by atoms with Gasteiger partial charge in [-0.05, 0) is 42.5 Å². The number of rotatable bonds is 5. The van der Waals surface area contributed by atoms with Crippen LogP contribution in [0.1, 0.15) is 42.8 Å². The third kappa shape index (κ3) is 3.14. The van der Waals surface area contributed by atoms with Gasteiger partial charge in [0.1, 0.15) is 0 Å². The minimum atomic E-state index is 0.352. The van der Waals surface area contributed by atoms with Gasteiger partial charge in [0.2, 0.25) is 0 Å². The monoisotopic (exact) mass is 246 g/mol. The van der Waals surface area contributed by atoms with Gasteiger partial charge in [-0.1, -0.05) is 13.0 Å². The van der Waals surface area contributed by atoms with Gasteiger partial charge < -0.3 is 5.32 Å². The Bertz CT molecular complexity index is 425. The summed E-state index contributed by atoms with van der Waals surface area (Å²) < 4.78 is 0. The van der Waals surface area contributed by atoms with Crippen LogP contribution in [-0.4, -0.2) is 4.98 Å². The maximum absolute atomic E-state index is 4.05. The van der Waals surface area contributed by atoms with Crippen LogP contribution < -0.4 is 5.32 Å². The van der Waals surface area contributed by atoms with Crippen molar-refractivity contribution in [1.29, 1.82) is 0 Å². The smallest absolute Gasteiger partial charge is 0.0416 e. The predicted molar refractivity (Wildman–Crippen MR) is 73.1 cm³/mol. The molecule has 2 nitrogen and oxygen atoms in total.